The molecule has 0 aromatic heterocycles. The van der Waals surface area contributed by atoms with E-state index in [-0.39, 0.29) is 17.5 Å². The molecular weight excluding hydrogens is 262 g/mol. The summed E-state index contributed by atoms with van der Waals surface area (Å²) >= 11 is 0. The number of carbonyl (C=O) groups is 1. The average Bonchev–Trinajstić information content (AvgIpc) is 2.39. The lowest BCUT2D eigenvalue weighted by molar-refractivity contribution is -0.121. The first kappa shape index (κ1) is 19.7. The summed E-state index contributed by atoms with van der Waals surface area (Å²) in [4.78, 5) is 11.9. The third-order valence-corrected chi connectivity index (χ3v) is 3.12. The van der Waals surface area contributed by atoms with Crippen LogP contribution < -0.4 is 16.0 Å². The van der Waals surface area contributed by atoms with E-state index in [0.717, 1.165) is 18.5 Å². The summed E-state index contributed by atoms with van der Waals surface area (Å²) in [5, 5.41) is 9.52. The van der Waals surface area contributed by atoms with Gasteiger partial charge >= 0.3 is 0 Å². The molecule has 0 spiro atoms. The van der Waals surface area contributed by atoms with Gasteiger partial charge in [0.1, 0.15) is 0 Å². The molecule has 0 aliphatic rings. The molecule has 4 nitrogen and oxygen atoms in total. The van der Waals surface area contributed by atoms with Crippen molar-refractivity contribution in [1.82, 2.24) is 16.0 Å². The number of nitrogens with one attached hydrogen (secondary N) is 3. The lowest BCUT2D eigenvalue weighted by Crippen LogP contribution is -2.45. The minimum Gasteiger partial charge on any atom is -0.365 e. The second-order valence-electron chi connectivity index (χ2n) is 6.58. The standard InChI is InChI=1S/C17H33N3O/c1-8-13(3)11-18-15(9-2)10-14(4)20-16(21)12-19-17(5,6)7/h9,11,14,18-19H,8,10,12H2,1-7H3,(H,20,21)/b13-11?,15-9-/t14-/m1/s1. The van der Waals surface area contributed by atoms with Gasteiger partial charge in [0.2, 0.25) is 5.91 Å². The van der Waals surface area contributed by atoms with Gasteiger partial charge in [-0.3, -0.25) is 4.79 Å². The minimum atomic E-state index is -0.0426. The Kier molecular flexibility index (Phi) is 9.02. The normalized spacial score (nSPS) is 14.8. The first-order chi connectivity index (χ1) is 9.67. The molecule has 0 saturated heterocycles. The van der Waals surface area contributed by atoms with Crippen molar-refractivity contribution in [2.45, 2.75) is 72.9 Å². The lowest BCUT2D eigenvalue weighted by Gasteiger charge is -2.21. The van der Waals surface area contributed by atoms with Gasteiger partial charge in [-0.2, -0.15) is 0 Å². The van der Waals surface area contributed by atoms with Gasteiger partial charge < -0.3 is 16.0 Å². The molecule has 4 heteroatoms. The largest absolute Gasteiger partial charge is 0.365 e. The molecule has 0 unspecified atom stereocenters. The topological polar surface area (TPSA) is 53.2 Å². The highest BCUT2D eigenvalue weighted by atomic mass is 16.1. The molecule has 122 valence electrons. The Balaban J connectivity index is 4.22. The molecule has 0 aliphatic carbocycles. The second kappa shape index (κ2) is 9.61. The van der Waals surface area contributed by atoms with Crippen LogP contribution in [0.1, 0.15) is 61.3 Å². The fraction of sp³-hybridized carbons (Fsp3) is 0.706. The zero-order chi connectivity index (χ0) is 16.5. The Morgan fingerprint density at radius 2 is 1.90 bits per heavy atom. The molecule has 0 heterocycles. The maximum Gasteiger partial charge on any atom is 0.234 e. The van der Waals surface area contributed by atoms with Crippen molar-refractivity contribution in [3.8, 4) is 0 Å². The third-order valence-electron chi connectivity index (χ3n) is 3.12. The fourth-order valence-corrected chi connectivity index (χ4v) is 1.63. The van der Waals surface area contributed by atoms with Crippen LogP contribution in [-0.2, 0) is 4.79 Å². The Morgan fingerprint density at radius 1 is 1.29 bits per heavy atom. The molecule has 0 saturated carbocycles. The van der Waals surface area contributed by atoms with Gasteiger partial charge in [0.05, 0.1) is 6.54 Å². The van der Waals surface area contributed by atoms with Gasteiger partial charge in [-0.15, -0.1) is 0 Å². The van der Waals surface area contributed by atoms with Gasteiger partial charge in [-0.05, 0) is 54.2 Å². The number of rotatable bonds is 8. The van der Waals surface area contributed by atoms with Gasteiger partial charge in [0.15, 0.2) is 0 Å². The van der Waals surface area contributed by atoms with Gasteiger partial charge in [-0.1, -0.05) is 18.6 Å². The molecule has 0 rings (SSSR count). The molecule has 3 N–H and O–H groups in total. The first-order valence-electron chi connectivity index (χ1n) is 7.79. The summed E-state index contributed by atoms with van der Waals surface area (Å²) in [5.74, 6) is 0.0353. The van der Waals surface area contributed by atoms with Crippen LogP contribution in [0.2, 0.25) is 0 Å². The van der Waals surface area contributed by atoms with E-state index in [1.54, 1.807) is 0 Å². The van der Waals surface area contributed by atoms with Crippen LogP contribution in [0.5, 0.6) is 0 Å². The highest BCUT2D eigenvalue weighted by Crippen LogP contribution is 2.04. The van der Waals surface area contributed by atoms with E-state index in [0.29, 0.717) is 6.54 Å². The number of hydrogen-bond donors (Lipinski definition) is 3. The van der Waals surface area contributed by atoms with Crippen molar-refractivity contribution in [3.63, 3.8) is 0 Å². The maximum absolute atomic E-state index is 11.9. The fourth-order valence-electron chi connectivity index (χ4n) is 1.63. The SMILES string of the molecule is C/C=C(/C[C@@H](C)NC(=O)CNC(C)(C)C)NC=C(C)CC. The Hall–Kier alpha value is -1.29. The van der Waals surface area contributed by atoms with Crippen LogP contribution in [0.4, 0.5) is 0 Å². The summed E-state index contributed by atoms with van der Waals surface area (Å²) in [5.41, 5.74) is 2.39. The number of amides is 1. The van der Waals surface area contributed by atoms with Gasteiger partial charge in [0, 0.05) is 23.7 Å². The van der Waals surface area contributed by atoms with E-state index in [1.807, 2.05) is 40.8 Å². The minimum absolute atomic E-state index is 0.0353. The molecule has 0 aromatic rings. The van der Waals surface area contributed by atoms with Crippen molar-refractivity contribution < 1.29 is 4.79 Å². The molecule has 1 amide bonds. The maximum atomic E-state index is 11.9. The van der Waals surface area contributed by atoms with Crippen LogP contribution in [0.3, 0.4) is 0 Å². The van der Waals surface area contributed by atoms with Crippen LogP contribution in [-0.4, -0.2) is 24.0 Å². The van der Waals surface area contributed by atoms with Gasteiger partial charge in [0.25, 0.3) is 0 Å². The van der Waals surface area contributed by atoms with Crippen molar-refractivity contribution in [1.29, 1.82) is 0 Å². The molecule has 21 heavy (non-hydrogen) atoms. The zero-order valence-electron chi connectivity index (χ0n) is 14.8. The van der Waals surface area contributed by atoms with Crippen LogP contribution >= 0.6 is 0 Å². The first-order valence-corrected chi connectivity index (χ1v) is 7.79. The van der Waals surface area contributed by atoms with Crippen molar-refractivity contribution in [3.05, 3.63) is 23.5 Å². The van der Waals surface area contributed by atoms with E-state index in [1.165, 1.54) is 5.57 Å². The van der Waals surface area contributed by atoms with Crippen molar-refractivity contribution in [2.75, 3.05) is 6.54 Å². The third kappa shape index (κ3) is 11.1. The highest BCUT2D eigenvalue weighted by Gasteiger charge is 2.13. The molecule has 1 atom stereocenters. The predicted molar refractivity (Wildman–Crippen MR) is 90.9 cm³/mol. The Morgan fingerprint density at radius 3 is 2.38 bits per heavy atom. The van der Waals surface area contributed by atoms with Crippen molar-refractivity contribution in [2.24, 2.45) is 0 Å². The second-order valence-corrected chi connectivity index (χ2v) is 6.58. The summed E-state index contributed by atoms with van der Waals surface area (Å²) in [6.45, 7) is 14.8. The molecule has 0 aliphatic heterocycles. The summed E-state index contributed by atoms with van der Waals surface area (Å²) in [6.07, 6.45) is 5.92. The molecule has 0 aromatic carbocycles. The highest BCUT2D eigenvalue weighted by molar-refractivity contribution is 5.78. The molecular formula is C17H33N3O. The smallest absolute Gasteiger partial charge is 0.234 e. The molecule has 0 fully saturated rings. The molecule has 0 bridgehead atoms. The number of carbonyl (C=O) groups excluding carboxylic acids is 1. The lowest BCUT2D eigenvalue weighted by atomic mass is 10.1. The number of hydrogen-bond acceptors (Lipinski definition) is 3. The van der Waals surface area contributed by atoms with E-state index in [2.05, 4.69) is 35.9 Å². The Labute approximate surface area is 130 Å². The van der Waals surface area contributed by atoms with E-state index >= 15 is 0 Å². The van der Waals surface area contributed by atoms with E-state index in [4.69, 9.17) is 0 Å². The quantitative estimate of drug-likeness (QED) is 0.645. The predicted octanol–water partition coefficient (Wildman–Crippen LogP) is 3.08. The van der Waals surface area contributed by atoms with E-state index in [9.17, 15) is 4.79 Å². The monoisotopic (exact) mass is 295 g/mol. The van der Waals surface area contributed by atoms with Crippen LogP contribution in [0.15, 0.2) is 23.5 Å². The number of allylic oxidation sites excluding steroid dienone is 2. The zero-order valence-corrected chi connectivity index (χ0v) is 14.8. The molecule has 0 radical (unpaired) electrons. The average molecular weight is 295 g/mol. The Bertz CT molecular complexity index is 378. The van der Waals surface area contributed by atoms with Crippen LogP contribution in [0.25, 0.3) is 0 Å². The van der Waals surface area contributed by atoms with E-state index < -0.39 is 0 Å². The summed E-state index contributed by atoms with van der Waals surface area (Å²) in [6, 6.07) is 0.105. The van der Waals surface area contributed by atoms with Crippen molar-refractivity contribution >= 4 is 5.91 Å². The van der Waals surface area contributed by atoms with Gasteiger partial charge in [-0.25, -0.2) is 0 Å². The summed E-state index contributed by atoms with van der Waals surface area (Å²) < 4.78 is 0. The summed E-state index contributed by atoms with van der Waals surface area (Å²) in [7, 11) is 0. The van der Waals surface area contributed by atoms with Crippen LogP contribution in [0, 0.1) is 0 Å².